The van der Waals surface area contributed by atoms with Gasteiger partial charge in [-0.05, 0) is 47.7 Å². The van der Waals surface area contributed by atoms with Crippen molar-refractivity contribution in [2.24, 2.45) is 10.7 Å². The predicted molar refractivity (Wildman–Crippen MR) is 107 cm³/mol. The number of guanidine groups is 1. The molecular formula is C20H18N6OS. The van der Waals surface area contributed by atoms with E-state index in [4.69, 9.17) is 16.0 Å². The number of aliphatic imine (C=N–C) groups is 1. The van der Waals surface area contributed by atoms with Gasteiger partial charge in [0.2, 0.25) is 0 Å². The molecule has 1 aliphatic heterocycles. The molecule has 0 fully saturated rings. The number of amides is 1. The molecule has 3 heterocycles. The van der Waals surface area contributed by atoms with Crippen molar-refractivity contribution >= 4 is 23.2 Å². The summed E-state index contributed by atoms with van der Waals surface area (Å²) in [7, 11) is 1.62. The molecular weight excluding hydrogens is 372 g/mol. The average Bonchev–Trinajstić information content (AvgIpc) is 3.39. The van der Waals surface area contributed by atoms with Crippen LogP contribution in [-0.4, -0.2) is 33.6 Å². The fraction of sp³-hybridized carbons (Fsp3) is 0.200. The Labute approximate surface area is 166 Å². The first-order chi connectivity index (χ1) is 13.4. The van der Waals surface area contributed by atoms with Gasteiger partial charge >= 0.3 is 0 Å². The molecule has 0 saturated carbocycles. The van der Waals surface area contributed by atoms with Gasteiger partial charge in [0.15, 0.2) is 12.0 Å². The first-order valence-electron chi connectivity index (χ1n) is 8.65. The van der Waals surface area contributed by atoms with Crippen LogP contribution in [0.25, 0.3) is 11.1 Å². The highest BCUT2D eigenvalue weighted by molar-refractivity contribution is 7.10. The third kappa shape index (κ3) is 2.77. The van der Waals surface area contributed by atoms with Crippen molar-refractivity contribution in [3.8, 4) is 17.2 Å². The van der Waals surface area contributed by atoms with Crippen molar-refractivity contribution in [3.63, 3.8) is 0 Å². The van der Waals surface area contributed by atoms with Gasteiger partial charge in [-0.3, -0.25) is 14.4 Å². The third-order valence-corrected chi connectivity index (χ3v) is 6.16. The monoisotopic (exact) mass is 390 g/mol. The number of carbonyl (C=O) groups excluding carboxylic acids is 1. The highest BCUT2D eigenvalue weighted by Gasteiger charge is 2.48. The maximum atomic E-state index is 13.1. The van der Waals surface area contributed by atoms with E-state index >= 15 is 0 Å². The molecule has 7 nitrogen and oxygen atoms in total. The van der Waals surface area contributed by atoms with E-state index in [9.17, 15) is 4.79 Å². The maximum absolute atomic E-state index is 13.1. The summed E-state index contributed by atoms with van der Waals surface area (Å²) in [5.74, 6) is 0.0115. The van der Waals surface area contributed by atoms with Crippen LogP contribution in [0.5, 0.6) is 0 Å². The minimum absolute atomic E-state index is 0.167. The SMILES string of the molecule is CN1C(=O)C(n2cccn2)[C@@](C)(c2cc(-c3cccc(C#N)c3)cs2)N=C1N. The number of hydrogen-bond donors (Lipinski definition) is 1. The fourth-order valence-electron chi connectivity index (χ4n) is 3.43. The molecule has 0 spiro atoms. The van der Waals surface area contributed by atoms with Crippen molar-refractivity contribution in [3.05, 3.63) is 64.6 Å². The van der Waals surface area contributed by atoms with Gasteiger partial charge in [0.25, 0.3) is 5.91 Å². The zero-order valence-electron chi connectivity index (χ0n) is 15.4. The van der Waals surface area contributed by atoms with E-state index in [0.717, 1.165) is 16.0 Å². The van der Waals surface area contributed by atoms with Gasteiger partial charge in [0.1, 0.15) is 5.54 Å². The van der Waals surface area contributed by atoms with E-state index in [2.05, 4.69) is 11.2 Å². The summed E-state index contributed by atoms with van der Waals surface area (Å²) >= 11 is 1.51. The summed E-state index contributed by atoms with van der Waals surface area (Å²) in [6.07, 6.45) is 3.40. The van der Waals surface area contributed by atoms with E-state index < -0.39 is 11.6 Å². The van der Waals surface area contributed by atoms with Crippen LogP contribution in [0.2, 0.25) is 0 Å². The van der Waals surface area contributed by atoms with E-state index in [1.54, 1.807) is 36.3 Å². The number of aromatic nitrogens is 2. The number of likely N-dealkylation sites (N-methyl/N-ethyl adjacent to an activating group) is 1. The summed E-state index contributed by atoms with van der Waals surface area (Å²) in [4.78, 5) is 20.0. The lowest BCUT2D eigenvalue weighted by molar-refractivity contribution is -0.133. The molecule has 1 unspecified atom stereocenters. The molecule has 0 radical (unpaired) electrons. The van der Waals surface area contributed by atoms with Crippen LogP contribution in [-0.2, 0) is 10.3 Å². The second-order valence-corrected chi connectivity index (χ2v) is 7.71. The second kappa shape index (κ2) is 6.62. The third-order valence-electron chi connectivity index (χ3n) is 5.00. The van der Waals surface area contributed by atoms with Crippen LogP contribution in [0, 0.1) is 11.3 Å². The molecule has 140 valence electrons. The summed E-state index contributed by atoms with van der Waals surface area (Å²) < 4.78 is 1.63. The lowest BCUT2D eigenvalue weighted by Crippen LogP contribution is -2.54. The molecule has 8 heteroatoms. The van der Waals surface area contributed by atoms with Gasteiger partial charge in [0, 0.05) is 24.3 Å². The Morgan fingerprint density at radius 1 is 1.29 bits per heavy atom. The van der Waals surface area contributed by atoms with Gasteiger partial charge < -0.3 is 5.73 Å². The molecule has 1 aromatic carbocycles. The molecule has 3 aromatic rings. The van der Waals surface area contributed by atoms with Crippen LogP contribution in [0.15, 0.2) is 59.2 Å². The number of benzene rings is 1. The predicted octanol–water partition coefficient (Wildman–Crippen LogP) is 2.73. The number of nitrogens with zero attached hydrogens (tertiary/aromatic N) is 5. The lowest BCUT2D eigenvalue weighted by Gasteiger charge is -2.39. The summed E-state index contributed by atoms with van der Waals surface area (Å²) in [5, 5.41) is 15.4. The number of nitrogens with two attached hydrogens (primary N) is 1. The number of nitriles is 1. The quantitative estimate of drug-likeness (QED) is 0.743. The molecule has 0 saturated heterocycles. The Kier molecular flexibility index (Phi) is 4.24. The largest absolute Gasteiger partial charge is 0.369 e. The van der Waals surface area contributed by atoms with Gasteiger partial charge in [-0.15, -0.1) is 11.3 Å². The fourth-order valence-corrected chi connectivity index (χ4v) is 4.48. The Hall–Kier alpha value is -3.44. The maximum Gasteiger partial charge on any atom is 0.256 e. The molecule has 2 aromatic heterocycles. The van der Waals surface area contributed by atoms with Crippen molar-refractivity contribution in [2.45, 2.75) is 18.5 Å². The highest BCUT2D eigenvalue weighted by atomic mass is 32.1. The summed E-state index contributed by atoms with van der Waals surface area (Å²) in [6, 6.07) is 12.7. The van der Waals surface area contributed by atoms with Crippen LogP contribution in [0.4, 0.5) is 0 Å². The minimum Gasteiger partial charge on any atom is -0.369 e. The van der Waals surface area contributed by atoms with Crippen LogP contribution >= 0.6 is 11.3 Å². The van der Waals surface area contributed by atoms with Gasteiger partial charge in [-0.1, -0.05) is 12.1 Å². The Balaban J connectivity index is 1.83. The highest BCUT2D eigenvalue weighted by Crippen LogP contribution is 2.44. The Bertz CT molecular complexity index is 1110. The molecule has 0 bridgehead atoms. The van der Waals surface area contributed by atoms with E-state index in [1.807, 2.05) is 36.6 Å². The summed E-state index contributed by atoms with van der Waals surface area (Å²) in [6.45, 7) is 1.90. The van der Waals surface area contributed by atoms with Crippen LogP contribution in [0.1, 0.15) is 23.4 Å². The standard InChI is InChI=1S/C20H18N6OS/c1-20(16-10-15(12-28-16)14-6-3-5-13(9-14)11-21)17(26-8-4-7-23-26)18(27)25(2)19(22)24-20/h3-10,12,17H,1-2H3,(H2,22,24)/t17?,20-/m1/s1. The van der Waals surface area contributed by atoms with Crippen molar-refractivity contribution < 1.29 is 4.79 Å². The molecule has 1 aliphatic rings. The van der Waals surface area contributed by atoms with E-state index in [1.165, 1.54) is 16.2 Å². The Morgan fingerprint density at radius 2 is 2.11 bits per heavy atom. The zero-order chi connectivity index (χ0) is 19.9. The average molecular weight is 390 g/mol. The second-order valence-electron chi connectivity index (χ2n) is 6.80. The molecule has 0 aliphatic carbocycles. The van der Waals surface area contributed by atoms with Crippen molar-refractivity contribution in [1.29, 1.82) is 5.26 Å². The first-order valence-corrected chi connectivity index (χ1v) is 9.53. The number of rotatable bonds is 3. The molecule has 4 rings (SSSR count). The summed E-state index contributed by atoms with van der Waals surface area (Å²) in [5.41, 5.74) is 7.67. The zero-order valence-corrected chi connectivity index (χ0v) is 16.2. The van der Waals surface area contributed by atoms with Crippen LogP contribution in [0.3, 0.4) is 0 Å². The van der Waals surface area contributed by atoms with Crippen molar-refractivity contribution in [1.82, 2.24) is 14.7 Å². The van der Waals surface area contributed by atoms with Crippen molar-refractivity contribution in [2.75, 3.05) is 7.05 Å². The van der Waals surface area contributed by atoms with Crippen LogP contribution < -0.4 is 5.73 Å². The number of carbonyl (C=O) groups is 1. The van der Waals surface area contributed by atoms with E-state index in [0.29, 0.717) is 5.56 Å². The molecule has 2 N–H and O–H groups in total. The smallest absolute Gasteiger partial charge is 0.256 e. The molecule has 28 heavy (non-hydrogen) atoms. The molecule has 1 amide bonds. The first kappa shape index (κ1) is 17.9. The van der Waals surface area contributed by atoms with Gasteiger partial charge in [-0.25, -0.2) is 4.99 Å². The number of hydrogen-bond acceptors (Lipinski definition) is 6. The van der Waals surface area contributed by atoms with Gasteiger partial charge in [0.05, 0.1) is 11.6 Å². The normalized spacial score (nSPS) is 22.0. The Morgan fingerprint density at radius 3 is 2.82 bits per heavy atom. The topological polar surface area (TPSA) is 100 Å². The number of thiophene rings is 1. The minimum atomic E-state index is -0.893. The van der Waals surface area contributed by atoms with Gasteiger partial charge in [-0.2, -0.15) is 10.4 Å². The molecule has 2 atom stereocenters. The lowest BCUT2D eigenvalue weighted by atomic mass is 9.88. The van der Waals surface area contributed by atoms with E-state index in [-0.39, 0.29) is 11.9 Å².